The van der Waals surface area contributed by atoms with Gasteiger partial charge in [0.2, 0.25) is 0 Å². The molecule has 2 saturated carbocycles. The molecule has 0 saturated heterocycles. The van der Waals surface area contributed by atoms with Crippen LogP contribution in [0.4, 0.5) is 0 Å². The Balaban J connectivity index is 1.70. The van der Waals surface area contributed by atoms with Gasteiger partial charge in [-0.3, -0.25) is 0 Å². The van der Waals surface area contributed by atoms with E-state index in [-0.39, 0.29) is 0 Å². The summed E-state index contributed by atoms with van der Waals surface area (Å²) in [4.78, 5) is 2.49. The van der Waals surface area contributed by atoms with Gasteiger partial charge in [0.05, 0.1) is 6.61 Å². The number of nitrogens with zero attached hydrogens (tertiary/aromatic N) is 1. The molecule has 2 rings (SSSR count). The zero-order valence-corrected chi connectivity index (χ0v) is 9.12. The molecule has 2 nitrogen and oxygen atoms in total. The van der Waals surface area contributed by atoms with E-state index in [1.807, 2.05) is 0 Å². The molecule has 0 amide bonds. The lowest BCUT2D eigenvalue weighted by Gasteiger charge is -2.24. The van der Waals surface area contributed by atoms with Crippen LogP contribution < -0.4 is 0 Å². The minimum atomic E-state index is 0.333. The van der Waals surface area contributed by atoms with Crippen LogP contribution in [0.5, 0.6) is 0 Å². The summed E-state index contributed by atoms with van der Waals surface area (Å²) in [7, 11) is 0. The summed E-state index contributed by atoms with van der Waals surface area (Å²) in [6.45, 7) is 3.72. The maximum atomic E-state index is 9.00. The Hall–Kier alpha value is -0.0800. The van der Waals surface area contributed by atoms with Crippen molar-refractivity contribution in [1.29, 1.82) is 0 Å². The zero-order valence-electron chi connectivity index (χ0n) is 9.12. The Labute approximate surface area is 87.3 Å². The Morgan fingerprint density at radius 3 is 2.00 bits per heavy atom. The molecular formula is C12H23NO. The molecule has 0 unspecified atom stereocenters. The van der Waals surface area contributed by atoms with Gasteiger partial charge in [0.15, 0.2) is 0 Å². The lowest BCUT2D eigenvalue weighted by Crippen LogP contribution is -2.33. The van der Waals surface area contributed by atoms with Gasteiger partial charge in [-0.05, 0) is 37.5 Å². The maximum absolute atomic E-state index is 9.00. The van der Waals surface area contributed by atoms with E-state index in [1.165, 1.54) is 51.6 Å². The van der Waals surface area contributed by atoms with Crippen LogP contribution in [0.3, 0.4) is 0 Å². The fraction of sp³-hybridized carbons (Fsp3) is 1.00. The second kappa shape index (κ2) is 5.13. The van der Waals surface area contributed by atoms with E-state index >= 15 is 0 Å². The van der Waals surface area contributed by atoms with Crippen molar-refractivity contribution in [2.75, 3.05) is 26.2 Å². The molecule has 0 aliphatic heterocycles. The van der Waals surface area contributed by atoms with E-state index in [4.69, 9.17) is 5.11 Å². The smallest absolute Gasteiger partial charge is 0.0558 e. The number of rotatable bonds is 6. The van der Waals surface area contributed by atoms with Crippen LogP contribution in [-0.2, 0) is 0 Å². The molecule has 0 spiro atoms. The van der Waals surface area contributed by atoms with Gasteiger partial charge in [-0.1, -0.05) is 12.8 Å². The summed E-state index contributed by atoms with van der Waals surface area (Å²) >= 11 is 0. The van der Waals surface area contributed by atoms with Crippen LogP contribution in [0.1, 0.15) is 38.5 Å². The third-order valence-corrected chi connectivity index (χ3v) is 3.62. The molecule has 0 atom stereocenters. The molecule has 0 bridgehead atoms. The molecule has 2 fully saturated rings. The van der Waals surface area contributed by atoms with Crippen LogP contribution in [0.25, 0.3) is 0 Å². The van der Waals surface area contributed by atoms with Crippen molar-refractivity contribution in [2.24, 2.45) is 11.8 Å². The van der Waals surface area contributed by atoms with Crippen LogP contribution >= 0.6 is 0 Å². The second-order valence-electron chi connectivity index (χ2n) is 5.08. The standard InChI is InChI=1S/C12H23NO/c14-8-7-13(10-12-5-6-12)9-11-3-1-2-4-11/h11-12,14H,1-10H2. The topological polar surface area (TPSA) is 23.5 Å². The average Bonchev–Trinajstić information content (AvgIpc) is 2.81. The highest BCUT2D eigenvalue weighted by Gasteiger charge is 2.26. The Bertz CT molecular complexity index is 162. The molecule has 2 heteroatoms. The minimum absolute atomic E-state index is 0.333. The Morgan fingerprint density at radius 1 is 0.929 bits per heavy atom. The van der Waals surface area contributed by atoms with Crippen molar-refractivity contribution >= 4 is 0 Å². The summed E-state index contributed by atoms with van der Waals surface area (Å²) in [6, 6.07) is 0. The van der Waals surface area contributed by atoms with E-state index in [0.29, 0.717) is 6.61 Å². The number of hydrogen-bond donors (Lipinski definition) is 1. The summed E-state index contributed by atoms with van der Waals surface area (Å²) in [5.41, 5.74) is 0. The highest BCUT2D eigenvalue weighted by Crippen LogP contribution is 2.31. The summed E-state index contributed by atoms with van der Waals surface area (Å²) < 4.78 is 0. The van der Waals surface area contributed by atoms with Crippen molar-refractivity contribution in [3.63, 3.8) is 0 Å². The van der Waals surface area contributed by atoms with Crippen molar-refractivity contribution in [3.8, 4) is 0 Å². The van der Waals surface area contributed by atoms with Crippen LogP contribution in [0, 0.1) is 11.8 Å². The average molecular weight is 197 g/mol. The lowest BCUT2D eigenvalue weighted by atomic mass is 10.1. The highest BCUT2D eigenvalue weighted by atomic mass is 16.3. The fourth-order valence-corrected chi connectivity index (χ4v) is 2.62. The van der Waals surface area contributed by atoms with E-state index in [2.05, 4.69) is 4.90 Å². The number of aliphatic hydroxyl groups is 1. The summed E-state index contributed by atoms with van der Waals surface area (Å²) in [6.07, 6.45) is 8.56. The molecule has 0 aromatic carbocycles. The Morgan fingerprint density at radius 2 is 1.50 bits per heavy atom. The summed E-state index contributed by atoms with van der Waals surface area (Å²) in [5, 5.41) is 9.00. The zero-order chi connectivity index (χ0) is 9.80. The molecule has 0 heterocycles. The van der Waals surface area contributed by atoms with Crippen LogP contribution in [0.2, 0.25) is 0 Å². The fourth-order valence-electron chi connectivity index (χ4n) is 2.62. The predicted molar refractivity (Wildman–Crippen MR) is 58.2 cm³/mol. The Kier molecular flexibility index (Phi) is 3.82. The molecule has 0 aromatic heterocycles. The van der Waals surface area contributed by atoms with Gasteiger partial charge in [0.25, 0.3) is 0 Å². The maximum Gasteiger partial charge on any atom is 0.0558 e. The van der Waals surface area contributed by atoms with Crippen molar-refractivity contribution in [3.05, 3.63) is 0 Å². The number of hydrogen-bond acceptors (Lipinski definition) is 2. The normalized spacial score (nSPS) is 23.6. The van der Waals surface area contributed by atoms with Crippen molar-refractivity contribution in [1.82, 2.24) is 4.90 Å². The van der Waals surface area contributed by atoms with Gasteiger partial charge in [0, 0.05) is 19.6 Å². The quantitative estimate of drug-likeness (QED) is 0.703. The van der Waals surface area contributed by atoms with Gasteiger partial charge in [-0.25, -0.2) is 0 Å². The molecule has 0 aromatic rings. The third kappa shape index (κ3) is 3.25. The van der Waals surface area contributed by atoms with Crippen molar-refractivity contribution in [2.45, 2.75) is 38.5 Å². The van der Waals surface area contributed by atoms with E-state index in [1.54, 1.807) is 0 Å². The number of aliphatic hydroxyl groups excluding tert-OH is 1. The SMILES string of the molecule is OCCN(CC1CCCC1)CC1CC1. The first-order valence-electron chi connectivity index (χ1n) is 6.21. The first-order chi connectivity index (χ1) is 6.88. The molecule has 2 aliphatic rings. The highest BCUT2D eigenvalue weighted by molar-refractivity contribution is 4.79. The van der Waals surface area contributed by atoms with Crippen LogP contribution in [-0.4, -0.2) is 36.2 Å². The van der Waals surface area contributed by atoms with E-state index in [9.17, 15) is 0 Å². The molecule has 2 aliphatic carbocycles. The summed E-state index contributed by atoms with van der Waals surface area (Å²) in [5.74, 6) is 1.89. The lowest BCUT2D eigenvalue weighted by molar-refractivity contribution is 0.170. The third-order valence-electron chi connectivity index (χ3n) is 3.62. The molecule has 0 radical (unpaired) electrons. The van der Waals surface area contributed by atoms with E-state index < -0.39 is 0 Å². The van der Waals surface area contributed by atoms with Gasteiger partial charge in [-0.15, -0.1) is 0 Å². The first kappa shape index (κ1) is 10.4. The van der Waals surface area contributed by atoms with Gasteiger partial charge in [-0.2, -0.15) is 0 Å². The van der Waals surface area contributed by atoms with Gasteiger partial charge >= 0.3 is 0 Å². The molecule has 14 heavy (non-hydrogen) atoms. The predicted octanol–water partition coefficient (Wildman–Crippen LogP) is 1.88. The van der Waals surface area contributed by atoms with Crippen LogP contribution in [0.15, 0.2) is 0 Å². The van der Waals surface area contributed by atoms with Gasteiger partial charge in [0.1, 0.15) is 0 Å². The van der Waals surface area contributed by atoms with E-state index in [0.717, 1.165) is 18.4 Å². The minimum Gasteiger partial charge on any atom is -0.395 e. The molecular weight excluding hydrogens is 174 g/mol. The monoisotopic (exact) mass is 197 g/mol. The van der Waals surface area contributed by atoms with Gasteiger partial charge < -0.3 is 10.0 Å². The molecule has 1 N–H and O–H groups in total. The largest absolute Gasteiger partial charge is 0.395 e. The molecule has 82 valence electrons. The second-order valence-corrected chi connectivity index (χ2v) is 5.08. The van der Waals surface area contributed by atoms with Crippen molar-refractivity contribution < 1.29 is 5.11 Å². The first-order valence-corrected chi connectivity index (χ1v) is 6.21.